The summed E-state index contributed by atoms with van der Waals surface area (Å²) < 4.78 is 5.03. The number of hydrogen-bond donors (Lipinski definition) is 1. The summed E-state index contributed by atoms with van der Waals surface area (Å²) in [6.07, 6.45) is 1.12. The molecule has 0 aliphatic heterocycles. The largest absolute Gasteiger partial charge is 0.495 e. The van der Waals surface area contributed by atoms with Crippen LogP contribution in [0.15, 0.2) is 18.2 Å². The zero-order valence-corrected chi connectivity index (χ0v) is 11.3. The van der Waals surface area contributed by atoms with Crippen LogP contribution in [0.4, 0.5) is 11.4 Å². The van der Waals surface area contributed by atoms with Crippen molar-refractivity contribution >= 4 is 17.3 Å². The molecule has 1 N–H and O–H groups in total. The predicted molar refractivity (Wildman–Crippen MR) is 72.3 cm³/mol. The summed E-state index contributed by atoms with van der Waals surface area (Å²) >= 11 is 0. The van der Waals surface area contributed by atoms with Gasteiger partial charge in [-0.15, -0.1) is 0 Å². The Morgan fingerprint density at radius 2 is 2.30 bits per heavy atom. The van der Waals surface area contributed by atoms with E-state index in [0.29, 0.717) is 18.6 Å². The molecule has 0 fully saturated rings. The highest BCUT2D eigenvalue weighted by atomic mass is 16.6. The van der Waals surface area contributed by atoms with Crippen LogP contribution in [-0.2, 0) is 4.79 Å². The number of amides is 1. The van der Waals surface area contributed by atoms with Gasteiger partial charge in [0.1, 0.15) is 11.7 Å². The number of carbonyl (C=O) groups is 1. The first-order valence-corrected chi connectivity index (χ1v) is 6.06. The van der Waals surface area contributed by atoms with Crippen molar-refractivity contribution in [3.63, 3.8) is 0 Å². The molecule has 0 saturated heterocycles. The molecule has 7 nitrogen and oxygen atoms in total. The van der Waals surface area contributed by atoms with Crippen molar-refractivity contribution in [3.8, 4) is 11.8 Å². The highest BCUT2D eigenvalue weighted by Crippen LogP contribution is 2.29. The van der Waals surface area contributed by atoms with Gasteiger partial charge < -0.3 is 10.1 Å². The van der Waals surface area contributed by atoms with Crippen molar-refractivity contribution in [2.75, 3.05) is 12.4 Å². The molecule has 0 heterocycles. The topological polar surface area (TPSA) is 105 Å². The number of nitriles is 1. The number of nitrogens with zero attached hydrogens (tertiary/aromatic N) is 2. The molecule has 20 heavy (non-hydrogen) atoms. The standard InChI is InChI=1S/C13H15N3O4/c1-3-4-9(8-14)13(17)15-11-7-10(16(18)19)5-6-12(11)20-2/h5-7,9H,3-4H2,1-2H3,(H,15,17). The third kappa shape index (κ3) is 3.68. The van der Waals surface area contributed by atoms with E-state index in [0.717, 1.165) is 0 Å². The fourth-order valence-electron chi connectivity index (χ4n) is 1.67. The number of benzene rings is 1. The first-order valence-electron chi connectivity index (χ1n) is 6.06. The van der Waals surface area contributed by atoms with Crippen molar-refractivity contribution in [2.45, 2.75) is 19.8 Å². The molecule has 106 valence electrons. The third-order valence-electron chi connectivity index (χ3n) is 2.70. The van der Waals surface area contributed by atoms with Gasteiger partial charge in [0.15, 0.2) is 0 Å². The fraction of sp³-hybridized carbons (Fsp3) is 0.385. The molecule has 0 saturated carbocycles. The predicted octanol–water partition coefficient (Wildman–Crippen LogP) is 2.48. The monoisotopic (exact) mass is 277 g/mol. The summed E-state index contributed by atoms with van der Waals surface area (Å²) in [5.74, 6) is -0.978. The van der Waals surface area contributed by atoms with Gasteiger partial charge >= 0.3 is 0 Å². The van der Waals surface area contributed by atoms with Gasteiger partial charge in [-0.25, -0.2) is 0 Å². The molecule has 1 amide bonds. The SMILES string of the molecule is CCCC(C#N)C(=O)Nc1cc([N+](=O)[O-])ccc1OC. The molecular weight excluding hydrogens is 262 g/mol. The van der Waals surface area contributed by atoms with Crippen molar-refractivity contribution in [1.29, 1.82) is 5.26 Å². The highest BCUT2D eigenvalue weighted by molar-refractivity contribution is 5.95. The molecule has 1 aromatic carbocycles. The minimum atomic E-state index is -0.788. The lowest BCUT2D eigenvalue weighted by molar-refractivity contribution is -0.384. The van der Waals surface area contributed by atoms with Gasteiger partial charge in [-0.05, 0) is 12.5 Å². The number of methoxy groups -OCH3 is 1. The number of anilines is 1. The van der Waals surface area contributed by atoms with E-state index in [9.17, 15) is 14.9 Å². The normalized spacial score (nSPS) is 11.2. The van der Waals surface area contributed by atoms with Crippen LogP contribution in [0.2, 0.25) is 0 Å². The van der Waals surface area contributed by atoms with E-state index in [1.54, 1.807) is 0 Å². The first-order chi connectivity index (χ1) is 9.53. The Balaban J connectivity index is 3.00. The molecule has 0 bridgehead atoms. The number of hydrogen-bond acceptors (Lipinski definition) is 5. The van der Waals surface area contributed by atoms with Gasteiger partial charge in [0.05, 0.1) is 23.8 Å². The zero-order valence-electron chi connectivity index (χ0n) is 11.3. The second kappa shape index (κ2) is 7.09. The van der Waals surface area contributed by atoms with Crippen LogP contribution >= 0.6 is 0 Å². The van der Waals surface area contributed by atoms with Gasteiger partial charge in [-0.3, -0.25) is 14.9 Å². The van der Waals surface area contributed by atoms with E-state index in [2.05, 4.69) is 5.32 Å². The Hall–Kier alpha value is -2.62. The molecule has 7 heteroatoms. The fourth-order valence-corrected chi connectivity index (χ4v) is 1.67. The quantitative estimate of drug-likeness (QED) is 0.635. The van der Waals surface area contributed by atoms with Gasteiger partial charge in [-0.1, -0.05) is 13.3 Å². The van der Waals surface area contributed by atoms with Gasteiger partial charge in [0.2, 0.25) is 5.91 Å². The molecule has 0 radical (unpaired) electrons. The van der Waals surface area contributed by atoms with Crippen molar-refractivity contribution in [3.05, 3.63) is 28.3 Å². The molecule has 0 aromatic heterocycles. The van der Waals surface area contributed by atoms with Crippen LogP contribution in [0.1, 0.15) is 19.8 Å². The lowest BCUT2D eigenvalue weighted by Crippen LogP contribution is -2.21. The summed E-state index contributed by atoms with van der Waals surface area (Å²) in [5.41, 5.74) is 0.0214. The van der Waals surface area contributed by atoms with E-state index in [1.165, 1.54) is 25.3 Å². The second-order valence-corrected chi connectivity index (χ2v) is 4.10. The maximum absolute atomic E-state index is 11.9. The average Bonchev–Trinajstić information content (AvgIpc) is 2.44. The Labute approximate surface area is 116 Å². The summed E-state index contributed by atoms with van der Waals surface area (Å²) in [6.45, 7) is 1.87. The number of rotatable bonds is 6. The van der Waals surface area contributed by atoms with E-state index < -0.39 is 16.7 Å². The van der Waals surface area contributed by atoms with E-state index in [1.807, 2.05) is 13.0 Å². The molecular formula is C13H15N3O4. The lowest BCUT2D eigenvalue weighted by Gasteiger charge is -2.12. The van der Waals surface area contributed by atoms with Gasteiger partial charge in [0.25, 0.3) is 5.69 Å². The average molecular weight is 277 g/mol. The van der Waals surface area contributed by atoms with E-state index in [4.69, 9.17) is 10.00 Å². The van der Waals surface area contributed by atoms with Gasteiger partial charge in [-0.2, -0.15) is 5.26 Å². The van der Waals surface area contributed by atoms with Crippen LogP contribution in [0, 0.1) is 27.4 Å². The summed E-state index contributed by atoms with van der Waals surface area (Å²) in [4.78, 5) is 22.1. The molecule has 0 aliphatic carbocycles. The maximum atomic E-state index is 11.9. The van der Waals surface area contributed by atoms with Crippen molar-refractivity contribution in [1.82, 2.24) is 0 Å². The number of non-ortho nitro benzene ring substituents is 1. The number of ether oxygens (including phenoxy) is 1. The molecule has 1 rings (SSSR count). The van der Waals surface area contributed by atoms with Crippen LogP contribution in [-0.4, -0.2) is 17.9 Å². The van der Waals surface area contributed by atoms with Crippen molar-refractivity contribution in [2.24, 2.45) is 5.92 Å². The van der Waals surface area contributed by atoms with E-state index >= 15 is 0 Å². The Bertz CT molecular complexity index is 551. The zero-order chi connectivity index (χ0) is 15.1. The number of nitro groups is 1. The third-order valence-corrected chi connectivity index (χ3v) is 2.70. The maximum Gasteiger partial charge on any atom is 0.271 e. The van der Waals surface area contributed by atoms with Gasteiger partial charge in [0, 0.05) is 12.1 Å². The number of nitro benzene ring substituents is 1. The number of carbonyl (C=O) groups excluding carboxylic acids is 1. The minimum Gasteiger partial charge on any atom is -0.495 e. The molecule has 1 aromatic rings. The van der Waals surface area contributed by atoms with E-state index in [-0.39, 0.29) is 11.4 Å². The van der Waals surface area contributed by atoms with Crippen LogP contribution < -0.4 is 10.1 Å². The molecule has 1 atom stereocenters. The molecule has 1 unspecified atom stereocenters. The van der Waals surface area contributed by atoms with Crippen molar-refractivity contribution < 1.29 is 14.5 Å². The molecule has 0 aliphatic rings. The van der Waals surface area contributed by atoms with Crippen LogP contribution in [0.25, 0.3) is 0 Å². The second-order valence-electron chi connectivity index (χ2n) is 4.10. The minimum absolute atomic E-state index is 0.162. The summed E-state index contributed by atoms with van der Waals surface area (Å²) in [7, 11) is 1.39. The lowest BCUT2D eigenvalue weighted by atomic mass is 10.0. The molecule has 0 spiro atoms. The highest BCUT2D eigenvalue weighted by Gasteiger charge is 2.20. The Morgan fingerprint density at radius 1 is 1.60 bits per heavy atom. The summed E-state index contributed by atoms with van der Waals surface area (Å²) in [6, 6.07) is 5.79. The smallest absolute Gasteiger partial charge is 0.271 e. The van der Waals surface area contributed by atoms with Crippen LogP contribution in [0.5, 0.6) is 5.75 Å². The van der Waals surface area contributed by atoms with Crippen LogP contribution in [0.3, 0.4) is 0 Å². The Morgan fingerprint density at radius 3 is 2.80 bits per heavy atom. The summed E-state index contributed by atoms with van der Waals surface area (Å²) in [5, 5.41) is 22.2. The Kier molecular flexibility index (Phi) is 5.47. The first kappa shape index (κ1) is 15.4. The number of nitrogens with one attached hydrogen (secondary N) is 1.